The highest BCUT2D eigenvalue weighted by Gasteiger charge is 2.31. The fourth-order valence-electron chi connectivity index (χ4n) is 4.54. The molecule has 2 N–H and O–H groups in total. The number of rotatable bonds is 6. The minimum absolute atomic E-state index is 0.00595. The van der Waals surface area contributed by atoms with Crippen LogP contribution >= 0.6 is 0 Å². The Morgan fingerprint density at radius 3 is 2.59 bits per heavy atom. The van der Waals surface area contributed by atoms with Gasteiger partial charge in [0, 0.05) is 23.8 Å². The van der Waals surface area contributed by atoms with Gasteiger partial charge in [-0.25, -0.2) is 4.39 Å². The maximum atomic E-state index is 13.8. The molecule has 2 heterocycles. The summed E-state index contributed by atoms with van der Waals surface area (Å²) in [6, 6.07) is 6.97. The topological polar surface area (TPSA) is 41.7 Å². The van der Waals surface area contributed by atoms with Gasteiger partial charge in [0.2, 0.25) is 0 Å². The van der Waals surface area contributed by atoms with E-state index in [4.69, 9.17) is 0 Å². The molecule has 2 aliphatic rings. The van der Waals surface area contributed by atoms with E-state index in [2.05, 4.69) is 35.6 Å². The number of aromatic nitrogens is 1. The summed E-state index contributed by atoms with van der Waals surface area (Å²) >= 11 is 0. The minimum Gasteiger partial charge on any atom is -0.359 e. The summed E-state index contributed by atoms with van der Waals surface area (Å²) in [5.41, 5.74) is 4.90. The maximum Gasteiger partial charge on any atom is 0.268 e. The van der Waals surface area contributed by atoms with Crippen LogP contribution < -0.4 is 15.1 Å². The number of hydrogen-bond donors (Lipinski definition) is 2. The predicted molar refractivity (Wildman–Crippen MR) is 113 cm³/mol. The molecule has 1 aliphatic carbocycles. The van der Waals surface area contributed by atoms with E-state index in [1.54, 1.807) is 17.0 Å². The average Bonchev–Trinajstić information content (AvgIpc) is 3.48. The lowest BCUT2D eigenvalue weighted by Crippen LogP contribution is -3.14. The third-order valence-electron chi connectivity index (χ3n) is 6.37. The van der Waals surface area contributed by atoms with Gasteiger partial charge in [-0.1, -0.05) is 12.1 Å². The monoisotopic (exact) mass is 399 g/mol. The highest BCUT2D eigenvalue weighted by Crippen LogP contribution is 2.32. The van der Waals surface area contributed by atoms with E-state index < -0.39 is 0 Å². The lowest BCUT2D eigenvalue weighted by Gasteiger charge is -2.33. The Morgan fingerprint density at radius 2 is 1.97 bits per heavy atom. The van der Waals surface area contributed by atoms with E-state index in [-0.39, 0.29) is 11.7 Å². The number of likely N-dealkylation sites (N-methyl/N-ethyl adjacent to an activating group) is 1. The van der Waals surface area contributed by atoms with Gasteiger partial charge in [0.1, 0.15) is 11.5 Å². The second-order valence-electron chi connectivity index (χ2n) is 8.46. The summed E-state index contributed by atoms with van der Waals surface area (Å²) in [6.07, 6.45) is 2.12. The molecule has 0 unspecified atom stereocenters. The van der Waals surface area contributed by atoms with Crippen LogP contribution in [0.1, 0.15) is 47.1 Å². The van der Waals surface area contributed by atoms with Crippen molar-refractivity contribution in [3.8, 4) is 0 Å². The third-order valence-corrected chi connectivity index (χ3v) is 6.37. The first kappa shape index (κ1) is 20.0. The van der Waals surface area contributed by atoms with Crippen molar-refractivity contribution in [1.82, 2.24) is 9.88 Å². The van der Waals surface area contributed by atoms with Crippen LogP contribution in [0, 0.1) is 19.7 Å². The second-order valence-corrected chi connectivity index (χ2v) is 8.46. The fourth-order valence-corrected chi connectivity index (χ4v) is 4.54. The number of benzene rings is 1. The van der Waals surface area contributed by atoms with Gasteiger partial charge in [-0.05, 0) is 51.3 Å². The van der Waals surface area contributed by atoms with Gasteiger partial charge in [0.05, 0.1) is 38.4 Å². The molecule has 1 saturated heterocycles. The van der Waals surface area contributed by atoms with Crippen molar-refractivity contribution >= 4 is 11.6 Å². The quantitative estimate of drug-likeness (QED) is 0.779. The Labute approximate surface area is 172 Å². The summed E-state index contributed by atoms with van der Waals surface area (Å²) in [4.78, 5) is 17.2. The number of nitrogens with zero attached hydrogens (tertiary/aromatic N) is 2. The van der Waals surface area contributed by atoms with Crippen LogP contribution in [0.5, 0.6) is 0 Å². The van der Waals surface area contributed by atoms with Gasteiger partial charge >= 0.3 is 0 Å². The summed E-state index contributed by atoms with van der Waals surface area (Å²) < 4.78 is 15.8. The van der Waals surface area contributed by atoms with Gasteiger partial charge in [0.25, 0.3) is 5.91 Å². The summed E-state index contributed by atoms with van der Waals surface area (Å²) in [6.45, 7) is 12.3. The first-order valence-electron chi connectivity index (χ1n) is 10.8. The van der Waals surface area contributed by atoms with Gasteiger partial charge < -0.3 is 19.7 Å². The molecule has 0 atom stereocenters. The molecule has 5 nitrogen and oxygen atoms in total. The Bertz CT molecular complexity index is 895. The molecule has 6 heteroatoms. The van der Waals surface area contributed by atoms with Crippen molar-refractivity contribution in [3.05, 3.63) is 52.6 Å². The standard InChI is InChI=1S/C23H31FN4O/c1-4-26-10-12-27(13-11-26)21-16(2)22(23(29)25-20-8-9-20)28(17(21)3)15-18-6-5-7-19(24)14-18/h5-7,14,20H,4,8-13,15H2,1-3H3,(H,25,29)/p+1. The maximum absolute atomic E-state index is 13.8. The highest BCUT2D eigenvalue weighted by molar-refractivity contribution is 5.97. The van der Waals surface area contributed by atoms with Crippen LogP contribution in [0.25, 0.3) is 0 Å². The zero-order valence-corrected chi connectivity index (χ0v) is 17.7. The smallest absolute Gasteiger partial charge is 0.268 e. The molecule has 2 fully saturated rings. The summed E-state index contributed by atoms with van der Waals surface area (Å²) in [5, 5.41) is 3.15. The molecule has 1 saturated carbocycles. The van der Waals surface area contributed by atoms with Gasteiger partial charge in [0.15, 0.2) is 0 Å². The number of quaternary nitrogens is 1. The van der Waals surface area contributed by atoms with Crippen molar-refractivity contribution in [2.45, 2.75) is 46.2 Å². The number of halogens is 1. The molecule has 4 rings (SSSR count). The lowest BCUT2D eigenvalue weighted by atomic mass is 10.1. The van der Waals surface area contributed by atoms with Crippen molar-refractivity contribution in [2.24, 2.45) is 0 Å². The van der Waals surface area contributed by atoms with Crippen LogP contribution in [0.3, 0.4) is 0 Å². The van der Waals surface area contributed by atoms with Crippen molar-refractivity contribution < 1.29 is 14.1 Å². The molecule has 1 aromatic heterocycles. The van der Waals surface area contributed by atoms with E-state index in [9.17, 15) is 9.18 Å². The van der Waals surface area contributed by atoms with Crippen molar-refractivity contribution in [2.75, 3.05) is 37.6 Å². The number of carbonyl (C=O) groups is 1. The van der Waals surface area contributed by atoms with Crippen LogP contribution in [0.2, 0.25) is 0 Å². The molecule has 1 aliphatic heterocycles. The van der Waals surface area contributed by atoms with E-state index in [1.807, 2.05) is 6.07 Å². The predicted octanol–water partition coefficient (Wildman–Crippen LogP) is 1.91. The SMILES string of the molecule is CC[NH+]1CCN(c2c(C)c(C(=O)NC3CC3)n(Cc3cccc(F)c3)c2C)CC1. The average molecular weight is 400 g/mol. The number of hydrogen-bond acceptors (Lipinski definition) is 2. The molecule has 156 valence electrons. The molecule has 1 amide bonds. The van der Waals surface area contributed by atoms with Crippen LogP contribution in [0.4, 0.5) is 10.1 Å². The second kappa shape index (κ2) is 8.19. The zero-order chi connectivity index (χ0) is 20.5. The first-order valence-corrected chi connectivity index (χ1v) is 10.8. The lowest BCUT2D eigenvalue weighted by molar-refractivity contribution is -0.898. The highest BCUT2D eigenvalue weighted by atomic mass is 19.1. The number of amides is 1. The van der Waals surface area contributed by atoms with Crippen LogP contribution in [-0.2, 0) is 6.54 Å². The van der Waals surface area contributed by atoms with E-state index >= 15 is 0 Å². The fraction of sp³-hybridized carbons (Fsp3) is 0.522. The third kappa shape index (κ3) is 4.17. The van der Waals surface area contributed by atoms with E-state index in [0.29, 0.717) is 12.6 Å². The summed E-state index contributed by atoms with van der Waals surface area (Å²) in [5.74, 6) is -0.250. The molecular formula is C23H32FN4O+. The molecule has 1 aromatic carbocycles. The molecular weight excluding hydrogens is 367 g/mol. The Kier molecular flexibility index (Phi) is 5.63. The van der Waals surface area contributed by atoms with E-state index in [0.717, 1.165) is 68.1 Å². The Hall–Kier alpha value is -2.34. The number of nitrogens with one attached hydrogen (secondary N) is 2. The molecule has 0 radical (unpaired) electrons. The largest absolute Gasteiger partial charge is 0.359 e. The van der Waals surface area contributed by atoms with E-state index in [1.165, 1.54) is 11.8 Å². The number of anilines is 1. The van der Waals surface area contributed by atoms with Crippen LogP contribution in [0.15, 0.2) is 24.3 Å². The number of carbonyl (C=O) groups excluding carboxylic acids is 1. The number of piperazine rings is 1. The Balaban J connectivity index is 1.70. The summed E-state index contributed by atoms with van der Waals surface area (Å²) in [7, 11) is 0. The van der Waals surface area contributed by atoms with Gasteiger partial charge in [-0.15, -0.1) is 0 Å². The molecule has 2 aromatic rings. The molecule has 0 bridgehead atoms. The van der Waals surface area contributed by atoms with Crippen molar-refractivity contribution in [1.29, 1.82) is 0 Å². The van der Waals surface area contributed by atoms with Gasteiger partial charge in [-0.3, -0.25) is 4.79 Å². The van der Waals surface area contributed by atoms with Crippen molar-refractivity contribution in [3.63, 3.8) is 0 Å². The normalized spacial score (nSPS) is 17.6. The molecule has 0 spiro atoms. The Morgan fingerprint density at radius 1 is 1.24 bits per heavy atom. The minimum atomic E-state index is -0.244. The van der Waals surface area contributed by atoms with Gasteiger partial charge in [-0.2, -0.15) is 0 Å². The molecule has 29 heavy (non-hydrogen) atoms. The zero-order valence-electron chi connectivity index (χ0n) is 17.7. The van der Waals surface area contributed by atoms with Crippen LogP contribution in [-0.4, -0.2) is 49.2 Å². The first-order chi connectivity index (χ1) is 14.0.